The minimum atomic E-state index is -3.65. The van der Waals surface area contributed by atoms with Gasteiger partial charge in [-0.3, -0.25) is 4.79 Å². The van der Waals surface area contributed by atoms with Crippen LogP contribution >= 0.6 is 0 Å². The largest absolute Gasteiger partial charge is 0.493 e. The molecule has 0 N–H and O–H groups in total. The Morgan fingerprint density at radius 2 is 1.84 bits per heavy atom. The van der Waals surface area contributed by atoms with Crippen LogP contribution in [0.4, 0.5) is 0 Å². The van der Waals surface area contributed by atoms with E-state index in [1.165, 1.54) is 4.31 Å². The number of hydrogen-bond donors (Lipinski definition) is 0. The number of piperazine rings is 1. The highest BCUT2D eigenvalue weighted by molar-refractivity contribution is 7.89. The number of hydrogen-bond acceptors (Lipinski definition) is 5. The van der Waals surface area contributed by atoms with E-state index in [1.54, 1.807) is 22.8 Å². The average molecular weight is 445 g/mol. The smallest absolute Gasteiger partial charge is 0.294 e. The molecule has 0 bridgehead atoms. The first-order chi connectivity index (χ1) is 14.7. The second-order valence-electron chi connectivity index (χ2n) is 8.09. The predicted molar refractivity (Wildman–Crippen MR) is 119 cm³/mol. The molecule has 2 aliphatic heterocycles. The van der Waals surface area contributed by atoms with E-state index in [4.69, 9.17) is 4.74 Å². The number of sulfonamides is 1. The highest BCUT2D eigenvalue weighted by Crippen LogP contribution is 2.30. The summed E-state index contributed by atoms with van der Waals surface area (Å²) in [6.45, 7) is 6.55. The maximum atomic E-state index is 13.3. The fraction of sp³-hybridized carbons (Fsp3) is 0.455. The number of fused-ring (bicyclic) bond motifs is 1. The summed E-state index contributed by atoms with van der Waals surface area (Å²) in [5, 5.41) is 0. The maximum Gasteiger partial charge on any atom is 0.294 e. The topological polar surface area (TPSA) is 84.2 Å². The maximum absolute atomic E-state index is 13.3. The van der Waals surface area contributed by atoms with Crippen molar-refractivity contribution in [3.63, 3.8) is 0 Å². The molecule has 8 nitrogen and oxygen atoms in total. The van der Waals surface area contributed by atoms with Crippen molar-refractivity contribution in [1.29, 1.82) is 0 Å². The van der Waals surface area contributed by atoms with E-state index in [9.17, 15) is 13.2 Å². The first-order valence-corrected chi connectivity index (χ1v) is 11.9. The van der Waals surface area contributed by atoms with Crippen LogP contribution in [-0.2, 0) is 23.5 Å². The van der Waals surface area contributed by atoms with Gasteiger partial charge < -0.3 is 14.2 Å². The summed E-state index contributed by atoms with van der Waals surface area (Å²) in [6, 6.07) is 4.85. The summed E-state index contributed by atoms with van der Waals surface area (Å²) in [5.74, 6) is 0.213. The van der Waals surface area contributed by atoms with Crippen molar-refractivity contribution in [1.82, 2.24) is 13.8 Å². The highest BCUT2D eigenvalue weighted by atomic mass is 32.2. The molecule has 2 aliphatic rings. The fourth-order valence-electron chi connectivity index (χ4n) is 4.23. The number of ether oxygens (including phenoxy) is 1. The second-order valence-corrected chi connectivity index (χ2v) is 10.0. The minimum absolute atomic E-state index is 0.196. The third kappa shape index (κ3) is 3.93. The van der Waals surface area contributed by atoms with Crippen LogP contribution in [0.2, 0.25) is 0 Å². The van der Waals surface area contributed by atoms with E-state index < -0.39 is 10.0 Å². The minimum Gasteiger partial charge on any atom is -0.493 e. The lowest BCUT2D eigenvalue weighted by Gasteiger charge is -2.31. The van der Waals surface area contributed by atoms with Crippen LogP contribution in [0.25, 0.3) is 0 Å². The van der Waals surface area contributed by atoms with Gasteiger partial charge in [0.25, 0.3) is 5.91 Å². The zero-order valence-corrected chi connectivity index (χ0v) is 19.2. The van der Waals surface area contributed by atoms with E-state index in [0.717, 1.165) is 11.1 Å². The first-order valence-electron chi connectivity index (χ1n) is 10.4. The van der Waals surface area contributed by atoms with E-state index in [1.807, 2.05) is 34.1 Å². The Morgan fingerprint density at radius 1 is 1.13 bits per heavy atom. The van der Waals surface area contributed by atoms with Crippen LogP contribution < -0.4 is 4.74 Å². The molecule has 0 radical (unpaired) electrons. The average Bonchev–Trinajstić information content (AvgIpc) is 3.02. The van der Waals surface area contributed by atoms with Crippen LogP contribution in [0.15, 0.2) is 34.3 Å². The summed E-state index contributed by atoms with van der Waals surface area (Å²) < 4.78 is 35.6. The van der Waals surface area contributed by atoms with Crippen LogP contribution in [0.5, 0.6) is 5.75 Å². The van der Waals surface area contributed by atoms with Gasteiger partial charge in [-0.2, -0.15) is 4.31 Å². The van der Waals surface area contributed by atoms with Gasteiger partial charge in [-0.1, -0.05) is 0 Å². The first kappa shape index (κ1) is 21.7. The molecule has 4 rings (SSSR count). The summed E-state index contributed by atoms with van der Waals surface area (Å²) in [4.78, 5) is 19.4. The highest BCUT2D eigenvalue weighted by Gasteiger charge is 2.31. The van der Waals surface area contributed by atoms with Crippen molar-refractivity contribution in [2.24, 2.45) is 12.0 Å². The summed E-state index contributed by atoms with van der Waals surface area (Å²) >= 11 is 0. The third-order valence-electron chi connectivity index (χ3n) is 5.95. The summed E-state index contributed by atoms with van der Waals surface area (Å²) in [5.41, 5.74) is 3.61. The van der Waals surface area contributed by atoms with Crippen molar-refractivity contribution < 1.29 is 17.9 Å². The number of benzene rings is 1. The number of rotatable bonds is 5. The Kier molecular flexibility index (Phi) is 5.76. The molecule has 0 spiro atoms. The monoisotopic (exact) mass is 444 g/mol. The number of aryl methyl sites for hydroxylation is 2. The van der Waals surface area contributed by atoms with Crippen molar-refractivity contribution in [2.45, 2.75) is 25.2 Å². The van der Waals surface area contributed by atoms with Gasteiger partial charge in [-0.25, -0.2) is 13.4 Å². The van der Waals surface area contributed by atoms with Gasteiger partial charge in [0.2, 0.25) is 10.0 Å². The van der Waals surface area contributed by atoms with Crippen molar-refractivity contribution in [3.05, 3.63) is 46.8 Å². The molecule has 1 fully saturated rings. The van der Waals surface area contributed by atoms with E-state index >= 15 is 0 Å². The van der Waals surface area contributed by atoms with Crippen LogP contribution in [0, 0.1) is 6.92 Å². The quantitative estimate of drug-likeness (QED) is 0.703. The van der Waals surface area contributed by atoms with Gasteiger partial charge in [-0.15, -0.1) is 0 Å². The lowest BCUT2D eigenvalue weighted by atomic mass is 9.96. The molecule has 1 saturated heterocycles. The normalized spacial score (nSPS) is 18.1. The Morgan fingerprint density at radius 3 is 2.52 bits per heavy atom. The van der Waals surface area contributed by atoms with E-state index in [2.05, 4.69) is 9.89 Å². The number of carbonyl (C=O) groups excluding carboxylic acids is 1. The number of amides is 1. The zero-order chi connectivity index (χ0) is 22.3. The van der Waals surface area contributed by atoms with Gasteiger partial charge in [-0.05, 0) is 50.2 Å². The number of likely N-dealkylation sites (N-methyl/N-ethyl adjacent to an activating group) is 1. The standard InChI is InChI=1S/C22H28N4O4S/c1-5-30-20-7-6-16(31(28,29)26-10-8-24(3)9-11-26)12-18(20)19-13-17-15(2)14-25(4)21(17)22(27)23-19/h6-7,12,14H,5,8-11,13H2,1-4H3. The number of nitrogens with zero attached hydrogens (tertiary/aromatic N) is 4. The zero-order valence-electron chi connectivity index (χ0n) is 18.4. The molecule has 0 aliphatic carbocycles. The predicted octanol–water partition coefficient (Wildman–Crippen LogP) is 1.85. The van der Waals surface area contributed by atoms with E-state index in [0.29, 0.717) is 61.9 Å². The molecule has 1 aromatic carbocycles. The third-order valence-corrected chi connectivity index (χ3v) is 7.84. The Bertz CT molecular complexity index is 1160. The number of aromatic nitrogens is 1. The van der Waals surface area contributed by atoms with Crippen LogP contribution in [0.3, 0.4) is 0 Å². The molecular formula is C22H28N4O4S. The SMILES string of the molecule is CCOc1ccc(S(=O)(=O)N2CCN(C)CC2)cc1C1=NC(=O)c2c(c(C)cn2C)C1. The van der Waals surface area contributed by atoms with Crippen molar-refractivity contribution >= 4 is 21.6 Å². The van der Waals surface area contributed by atoms with Gasteiger partial charge in [0, 0.05) is 51.4 Å². The van der Waals surface area contributed by atoms with Gasteiger partial charge in [0.05, 0.1) is 17.2 Å². The number of aliphatic imine (C=N–C) groups is 1. The molecule has 0 unspecified atom stereocenters. The van der Waals surface area contributed by atoms with Crippen LogP contribution in [0.1, 0.15) is 34.1 Å². The Labute approximate surface area is 183 Å². The Hall–Kier alpha value is -2.49. The molecule has 1 aromatic heterocycles. The van der Waals surface area contributed by atoms with Crippen molar-refractivity contribution in [3.8, 4) is 5.75 Å². The molecule has 9 heteroatoms. The molecular weight excluding hydrogens is 416 g/mol. The van der Waals surface area contributed by atoms with Gasteiger partial charge >= 0.3 is 0 Å². The molecule has 2 aromatic rings. The molecule has 0 atom stereocenters. The molecule has 166 valence electrons. The fourth-order valence-corrected chi connectivity index (χ4v) is 5.68. The van der Waals surface area contributed by atoms with Gasteiger partial charge in [0.1, 0.15) is 11.4 Å². The Balaban J connectivity index is 1.75. The van der Waals surface area contributed by atoms with Crippen molar-refractivity contribution in [2.75, 3.05) is 39.8 Å². The molecule has 1 amide bonds. The van der Waals surface area contributed by atoms with Gasteiger partial charge in [0.15, 0.2) is 0 Å². The lowest BCUT2D eigenvalue weighted by Crippen LogP contribution is -2.47. The van der Waals surface area contributed by atoms with E-state index in [-0.39, 0.29) is 10.8 Å². The lowest BCUT2D eigenvalue weighted by molar-refractivity contribution is 0.0992. The number of carbonyl (C=O) groups is 1. The molecule has 31 heavy (non-hydrogen) atoms. The molecule has 3 heterocycles. The van der Waals surface area contributed by atoms with Crippen LogP contribution in [-0.4, -0.2) is 73.6 Å². The molecule has 0 saturated carbocycles. The summed E-state index contributed by atoms with van der Waals surface area (Å²) in [7, 11) is 0.166. The summed E-state index contributed by atoms with van der Waals surface area (Å²) in [6.07, 6.45) is 2.37. The second kappa shape index (κ2) is 8.22.